The monoisotopic (exact) mass is 402 g/mol. The van der Waals surface area contributed by atoms with Crippen LogP contribution >= 0.6 is 31.9 Å². The van der Waals surface area contributed by atoms with Gasteiger partial charge in [0.2, 0.25) is 0 Å². The Morgan fingerprint density at radius 2 is 1.90 bits per heavy atom. The third-order valence-corrected chi connectivity index (χ3v) is 6.15. The van der Waals surface area contributed by atoms with Crippen LogP contribution in [0.3, 0.4) is 0 Å². The Labute approximate surface area is 142 Å². The molecule has 0 radical (unpaired) electrons. The molecule has 2 heteroatoms. The number of rotatable bonds is 0. The summed E-state index contributed by atoms with van der Waals surface area (Å²) in [5.41, 5.74) is 4.52. The largest absolute Gasteiger partial charge is 0.0804 e. The summed E-state index contributed by atoms with van der Waals surface area (Å²) in [5, 5.41) is 2.62. The molecule has 0 fully saturated rings. The summed E-state index contributed by atoms with van der Waals surface area (Å²) in [6.07, 6.45) is 10.8. The molecule has 2 aromatic rings. The molecule has 0 bridgehead atoms. The second-order valence-corrected chi connectivity index (χ2v) is 8.00. The standard InChI is InChI=1S/C19H16Br2/c1-19-9-3-2-4-12(19)5-7-15-14-8-6-13(20)10-16(14)18(21)11-17(15)19/h4-8,10-11H,2-3,9H2,1H3. The Hall–Kier alpha value is -0.860. The summed E-state index contributed by atoms with van der Waals surface area (Å²) in [6.45, 7) is 2.40. The van der Waals surface area contributed by atoms with Crippen molar-refractivity contribution < 1.29 is 0 Å². The Bertz CT molecular complexity index is 814. The van der Waals surface area contributed by atoms with Gasteiger partial charge in [-0.2, -0.15) is 0 Å². The minimum atomic E-state index is 0.173. The lowest BCUT2D eigenvalue weighted by Crippen LogP contribution is -2.29. The Morgan fingerprint density at radius 3 is 2.76 bits per heavy atom. The molecule has 0 heterocycles. The SMILES string of the molecule is CC12CCCC=C1C=Cc1c2cc(Br)c2cc(Br)ccc12. The maximum absolute atomic E-state index is 3.79. The molecule has 2 aliphatic rings. The average Bonchev–Trinajstić information content (AvgIpc) is 2.47. The number of benzene rings is 2. The molecule has 0 saturated carbocycles. The van der Waals surface area contributed by atoms with Crippen molar-refractivity contribution in [1.82, 2.24) is 0 Å². The van der Waals surface area contributed by atoms with Crippen molar-refractivity contribution in [2.45, 2.75) is 31.6 Å². The normalized spacial score (nSPS) is 23.7. The summed E-state index contributed by atoms with van der Waals surface area (Å²) in [5.74, 6) is 0. The Balaban J connectivity index is 2.09. The highest BCUT2D eigenvalue weighted by atomic mass is 79.9. The van der Waals surface area contributed by atoms with Crippen LogP contribution in [0, 0.1) is 0 Å². The summed E-state index contributed by atoms with van der Waals surface area (Å²) in [6, 6.07) is 8.90. The molecule has 0 nitrogen and oxygen atoms in total. The molecule has 106 valence electrons. The van der Waals surface area contributed by atoms with Gasteiger partial charge in [0.25, 0.3) is 0 Å². The fraction of sp³-hybridized carbons (Fsp3) is 0.263. The third-order valence-electron chi connectivity index (χ3n) is 5.00. The van der Waals surface area contributed by atoms with E-state index in [-0.39, 0.29) is 5.41 Å². The van der Waals surface area contributed by atoms with Gasteiger partial charge in [0.15, 0.2) is 0 Å². The molecule has 1 unspecified atom stereocenters. The minimum absolute atomic E-state index is 0.173. The van der Waals surface area contributed by atoms with Gasteiger partial charge in [-0.15, -0.1) is 0 Å². The van der Waals surface area contributed by atoms with Crippen LogP contribution in [0.4, 0.5) is 0 Å². The van der Waals surface area contributed by atoms with E-state index in [9.17, 15) is 0 Å². The van der Waals surface area contributed by atoms with Crippen LogP contribution in [0.2, 0.25) is 0 Å². The number of allylic oxidation sites excluding steroid dienone is 3. The summed E-state index contributed by atoms with van der Waals surface area (Å²) in [7, 11) is 0. The van der Waals surface area contributed by atoms with E-state index in [0.717, 1.165) is 4.47 Å². The van der Waals surface area contributed by atoms with Crippen molar-refractivity contribution in [1.29, 1.82) is 0 Å². The lowest BCUT2D eigenvalue weighted by atomic mass is 9.65. The molecule has 0 amide bonds. The number of hydrogen-bond donors (Lipinski definition) is 0. The first-order chi connectivity index (χ1) is 10.1. The molecular weight excluding hydrogens is 388 g/mol. The van der Waals surface area contributed by atoms with E-state index in [1.807, 2.05) is 0 Å². The third kappa shape index (κ3) is 1.99. The van der Waals surface area contributed by atoms with E-state index >= 15 is 0 Å². The fourth-order valence-electron chi connectivity index (χ4n) is 3.81. The molecule has 4 rings (SSSR count). The van der Waals surface area contributed by atoms with Crippen LogP contribution in [0.25, 0.3) is 16.8 Å². The number of halogens is 2. The minimum Gasteiger partial charge on any atom is -0.0804 e. The van der Waals surface area contributed by atoms with Crippen molar-refractivity contribution in [3.05, 3.63) is 62.1 Å². The Kier molecular flexibility index (Phi) is 3.16. The van der Waals surface area contributed by atoms with E-state index in [1.54, 1.807) is 0 Å². The molecule has 0 N–H and O–H groups in total. The maximum Gasteiger partial charge on any atom is 0.0257 e. The van der Waals surface area contributed by atoms with Gasteiger partial charge < -0.3 is 0 Å². The van der Waals surface area contributed by atoms with Crippen molar-refractivity contribution in [2.24, 2.45) is 0 Å². The Morgan fingerprint density at radius 1 is 1.05 bits per heavy atom. The van der Waals surface area contributed by atoms with Gasteiger partial charge in [-0.1, -0.05) is 63.1 Å². The van der Waals surface area contributed by atoms with Gasteiger partial charge in [0.05, 0.1) is 0 Å². The van der Waals surface area contributed by atoms with E-state index < -0.39 is 0 Å². The van der Waals surface area contributed by atoms with Crippen molar-refractivity contribution in [2.75, 3.05) is 0 Å². The van der Waals surface area contributed by atoms with E-state index in [2.05, 4.69) is 81.3 Å². The first kappa shape index (κ1) is 13.8. The van der Waals surface area contributed by atoms with E-state index in [1.165, 1.54) is 51.2 Å². The molecule has 0 aromatic heterocycles. The summed E-state index contributed by atoms with van der Waals surface area (Å²) in [4.78, 5) is 0. The molecule has 1 atom stereocenters. The molecule has 21 heavy (non-hydrogen) atoms. The topological polar surface area (TPSA) is 0 Å². The first-order valence-electron chi connectivity index (χ1n) is 7.40. The summed E-state index contributed by atoms with van der Waals surface area (Å²) >= 11 is 7.37. The molecule has 0 aliphatic heterocycles. The maximum atomic E-state index is 3.79. The smallest absolute Gasteiger partial charge is 0.0257 e. The highest BCUT2D eigenvalue weighted by Crippen LogP contribution is 2.48. The summed E-state index contributed by atoms with van der Waals surface area (Å²) < 4.78 is 2.32. The molecule has 2 aromatic carbocycles. The molecule has 2 aliphatic carbocycles. The van der Waals surface area contributed by atoms with Crippen molar-refractivity contribution in [3.8, 4) is 0 Å². The fourth-order valence-corrected chi connectivity index (χ4v) is 4.73. The molecular formula is C19H16Br2. The zero-order chi connectivity index (χ0) is 14.6. The van der Waals surface area contributed by atoms with Gasteiger partial charge >= 0.3 is 0 Å². The highest BCUT2D eigenvalue weighted by Gasteiger charge is 2.36. The van der Waals surface area contributed by atoms with Gasteiger partial charge in [0.1, 0.15) is 0 Å². The first-order valence-corrected chi connectivity index (χ1v) is 8.99. The predicted octanol–water partition coefficient (Wildman–Crippen LogP) is 6.76. The molecule has 0 spiro atoms. The lowest BCUT2D eigenvalue weighted by molar-refractivity contribution is 0.473. The zero-order valence-corrected chi connectivity index (χ0v) is 15.1. The van der Waals surface area contributed by atoms with Crippen LogP contribution < -0.4 is 0 Å². The molecule has 0 saturated heterocycles. The van der Waals surface area contributed by atoms with Gasteiger partial charge in [-0.25, -0.2) is 0 Å². The van der Waals surface area contributed by atoms with Crippen LogP contribution in [0.5, 0.6) is 0 Å². The van der Waals surface area contributed by atoms with Crippen molar-refractivity contribution >= 4 is 48.7 Å². The second-order valence-electron chi connectivity index (χ2n) is 6.23. The zero-order valence-electron chi connectivity index (χ0n) is 11.9. The second kappa shape index (κ2) is 4.82. The van der Waals surface area contributed by atoms with Crippen LogP contribution in [-0.4, -0.2) is 0 Å². The average molecular weight is 404 g/mol. The van der Waals surface area contributed by atoms with Gasteiger partial charge in [-0.05, 0) is 64.9 Å². The highest BCUT2D eigenvalue weighted by molar-refractivity contribution is 9.11. The number of fused-ring (bicyclic) bond motifs is 5. The van der Waals surface area contributed by atoms with Gasteiger partial charge in [-0.3, -0.25) is 0 Å². The van der Waals surface area contributed by atoms with Crippen LogP contribution in [0.1, 0.15) is 37.3 Å². The van der Waals surface area contributed by atoms with Crippen LogP contribution in [0.15, 0.2) is 50.9 Å². The predicted molar refractivity (Wildman–Crippen MR) is 97.7 cm³/mol. The van der Waals surface area contributed by atoms with E-state index in [0.29, 0.717) is 0 Å². The van der Waals surface area contributed by atoms with Gasteiger partial charge in [0, 0.05) is 14.4 Å². The quantitative estimate of drug-likeness (QED) is 0.455. The van der Waals surface area contributed by atoms with Crippen LogP contribution in [-0.2, 0) is 5.41 Å². The van der Waals surface area contributed by atoms with Crippen molar-refractivity contribution in [3.63, 3.8) is 0 Å². The number of hydrogen-bond acceptors (Lipinski definition) is 0. The lowest BCUT2D eigenvalue weighted by Gasteiger charge is -2.39. The van der Waals surface area contributed by atoms with E-state index in [4.69, 9.17) is 0 Å².